The monoisotopic (exact) mass is 347 g/mol. The number of benzene rings is 1. The van der Waals surface area contributed by atoms with Crippen LogP contribution in [0.5, 0.6) is 0 Å². The average molecular weight is 347 g/mol. The van der Waals surface area contributed by atoms with E-state index in [0.717, 1.165) is 38.3 Å². The van der Waals surface area contributed by atoms with Crippen LogP contribution in [0.4, 0.5) is 5.69 Å². The van der Waals surface area contributed by atoms with Crippen molar-refractivity contribution in [2.24, 2.45) is 5.92 Å². The predicted octanol–water partition coefficient (Wildman–Crippen LogP) is 0.609. The van der Waals surface area contributed by atoms with Gasteiger partial charge in [-0.25, -0.2) is 0 Å². The lowest BCUT2D eigenvalue weighted by Gasteiger charge is -2.27. The van der Waals surface area contributed by atoms with E-state index in [4.69, 9.17) is 0 Å². The van der Waals surface area contributed by atoms with Crippen LogP contribution in [0.2, 0.25) is 0 Å². The summed E-state index contributed by atoms with van der Waals surface area (Å²) >= 11 is 0. The number of hydrazine groups is 1. The number of hydrogen-bond acceptors (Lipinski definition) is 3. The van der Waals surface area contributed by atoms with Crippen molar-refractivity contribution in [2.45, 2.75) is 33.6 Å². The topological polar surface area (TPSA) is 65.9 Å². The molecule has 138 valence electrons. The second-order valence-corrected chi connectivity index (χ2v) is 6.85. The van der Waals surface area contributed by atoms with Gasteiger partial charge < -0.3 is 9.80 Å². The number of nitrogens with one attached hydrogen (secondary N) is 3. The molecule has 25 heavy (non-hydrogen) atoms. The highest BCUT2D eigenvalue weighted by atomic mass is 16.2. The fourth-order valence-corrected chi connectivity index (χ4v) is 3.44. The van der Waals surface area contributed by atoms with Gasteiger partial charge in [0, 0.05) is 30.3 Å². The van der Waals surface area contributed by atoms with Crippen LogP contribution < -0.4 is 20.7 Å². The van der Waals surface area contributed by atoms with E-state index in [1.807, 2.05) is 12.1 Å². The van der Waals surface area contributed by atoms with Gasteiger partial charge in [0.25, 0.3) is 11.8 Å². The number of hydrogen-bond donors (Lipinski definition) is 3. The Labute approximate surface area is 150 Å². The van der Waals surface area contributed by atoms with Crippen LogP contribution in [0.1, 0.15) is 44.0 Å². The van der Waals surface area contributed by atoms with Gasteiger partial charge in [-0.3, -0.25) is 20.4 Å². The molecule has 0 spiro atoms. The SMILES string of the molecule is CCN(CC)c1ccc(C(=O)NNC(=O)C[NH+]2CCC[C@@H](C)C2)cc1. The summed E-state index contributed by atoms with van der Waals surface area (Å²) in [6.07, 6.45) is 2.40. The van der Waals surface area contributed by atoms with E-state index in [0.29, 0.717) is 18.0 Å². The summed E-state index contributed by atoms with van der Waals surface area (Å²) in [7, 11) is 0. The first-order valence-corrected chi connectivity index (χ1v) is 9.31. The normalized spacial score (nSPS) is 20.0. The molecule has 6 nitrogen and oxygen atoms in total. The second-order valence-electron chi connectivity index (χ2n) is 6.85. The minimum atomic E-state index is -0.290. The van der Waals surface area contributed by atoms with E-state index >= 15 is 0 Å². The Balaban J connectivity index is 1.80. The van der Waals surface area contributed by atoms with Gasteiger partial charge in [-0.15, -0.1) is 0 Å². The minimum Gasteiger partial charge on any atom is -0.372 e. The second kappa shape index (κ2) is 9.42. The molecule has 2 amide bonds. The van der Waals surface area contributed by atoms with Crippen molar-refractivity contribution in [3.05, 3.63) is 29.8 Å². The van der Waals surface area contributed by atoms with Gasteiger partial charge in [-0.1, -0.05) is 6.92 Å². The van der Waals surface area contributed by atoms with Crippen LogP contribution in [0.25, 0.3) is 0 Å². The molecule has 6 heteroatoms. The van der Waals surface area contributed by atoms with Crippen LogP contribution in [-0.2, 0) is 4.79 Å². The molecule has 0 aliphatic carbocycles. The van der Waals surface area contributed by atoms with E-state index < -0.39 is 0 Å². The largest absolute Gasteiger partial charge is 0.372 e. The molecule has 2 rings (SSSR count). The quantitative estimate of drug-likeness (QED) is 0.661. The van der Waals surface area contributed by atoms with E-state index in [9.17, 15) is 9.59 Å². The molecular formula is C19H31N4O2+. The predicted molar refractivity (Wildman–Crippen MR) is 99.6 cm³/mol. The fourth-order valence-electron chi connectivity index (χ4n) is 3.44. The molecule has 1 heterocycles. The molecule has 1 aromatic carbocycles. The molecule has 1 aliphatic heterocycles. The van der Waals surface area contributed by atoms with E-state index in [1.165, 1.54) is 11.3 Å². The van der Waals surface area contributed by atoms with Crippen molar-refractivity contribution in [3.63, 3.8) is 0 Å². The highest BCUT2D eigenvalue weighted by molar-refractivity contribution is 5.95. The number of carbonyl (C=O) groups is 2. The first kappa shape index (κ1) is 19.2. The molecule has 0 aromatic heterocycles. The molecule has 1 aliphatic rings. The minimum absolute atomic E-state index is 0.141. The van der Waals surface area contributed by atoms with Crippen molar-refractivity contribution in [1.29, 1.82) is 0 Å². The number of likely N-dealkylation sites (tertiary alicyclic amines) is 1. The third-order valence-electron chi connectivity index (χ3n) is 4.85. The van der Waals surface area contributed by atoms with E-state index in [2.05, 4.69) is 36.5 Å². The number of quaternary nitrogens is 1. The highest BCUT2D eigenvalue weighted by Crippen LogP contribution is 2.14. The van der Waals surface area contributed by atoms with Crippen LogP contribution in [0.3, 0.4) is 0 Å². The Morgan fingerprint density at radius 2 is 1.84 bits per heavy atom. The highest BCUT2D eigenvalue weighted by Gasteiger charge is 2.22. The molecule has 1 aromatic rings. The molecular weight excluding hydrogens is 316 g/mol. The van der Waals surface area contributed by atoms with Gasteiger partial charge in [-0.2, -0.15) is 0 Å². The van der Waals surface area contributed by atoms with Gasteiger partial charge in [0.2, 0.25) is 0 Å². The lowest BCUT2D eigenvalue weighted by atomic mass is 10.0. The maximum atomic E-state index is 12.2. The zero-order valence-electron chi connectivity index (χ0n) is 15.6. The van der Waals surface area contributed by atoms with Crippen molar-refractivity contribution < 1.29 is 14.5 Å². The number of rotatable bonds is 6. The summed E-state index contributed by atoms with van der Waals surface area (Å²) < 4.78 is 0. The van der Waals surface area contributed by atoms with Crippen LogP contribution in [0, 0.1) is 5.92 Å². The van der Waals surface area contributed by atoms with Crippen molar-refractivity contribution >= 4 is 17.5 Å². The summed E-state index contributed by atoms with van der Waals surface area (Å²) in [5, 5.41) is 0. The number of carbonyl (C=O) groups excluding carboxylic acids is 2. The van der Waals surface area contributed by atoms with Crippen LogP contribution in [0.15, 0.2) is 24.3 Å². The summed E-state index contributed by atoms with van der Waals surface area (Å²) in [6, 6.07) is 7.44. The Kier molecular flexibility index (Phi) is 7.25. The summed E-state index contributed by atoms with van der Waals surface area (Å²) in [5.41, 5.74) is 6.67. The number of amides is 2. The van der Waals surface area contributed by atoms with E-state index in [1.54, 1.807) is 12.1 Å². The first-order valence-electron chi connectivity index (χ1n) is 9.31. The van der Waals surface area contributed by atoms with E-state index in [-0.39, 0.29) is 11.8 Å². The van der Waals surface area contributed by atoms with Crippen molar-refractivity contribution in [3.8, 4) is 0 Å². The molecule has 0 bridgehead atoms. The van der Waals surface area contributed by atoms with Crippen molar-refractivity contribution in [1.82, 2.24) is 10.9 Å². The average Bonchev–Trinajstić information content (AvgIpc) is 2.61. The Morgan fingerprint density at radius 1 is 1.16 bits per heavy atom. The van der Waals surface area contributed by atoms with Gasteiger partial charge in [-0.05, 0) is 51.0 Å². The zero-order valence-corrected chi connectivity index (χ0v) is 15.6. The molecule has 0 radical (unpaired) electrons. The third kappa shape index (κ3) is 5.74. The third-order valence-corrected chi connectivity index (χ3v) is 4.85. The molecule has 1 unspecified atom stereocenters. The lowest BCUT2D eigenvalue weighted by molar-refractivity contribution is -0.900. The van der Waals surface area contributed by atoms with Gasteiger partial charge in [0.1, 0.15) is 0 Å². The summed E-state index contributed by atoms with van der Waals surface area (Å²) in [5.74, 6) is 0.231. The number of nitrogens with zero attached hydrogens (tertiary/aromatic N) is 1. The van der Waals surface area contributed by atoms with Gasteiger partial charge in [0.05, 0.1) is 13.1 Å². The molecule has 1 saturated heterocycles. The zero-order chi connectivity index (χ0) is 18.2. The summed E-state index contributed by atoms with van der Waals surface area (Å²) in [6.45, 7) is 10.7. The van der Waals surface area contributed by atoms with Gasteiger partial charge >= 0.3 is 0 Å². The molecule has 2 atom stereocenters. The molecule has 0 saturated carbocycles. The Bertz CT molecular complexity index is 569. The molecule has 3 N–H and O–H groups in total. The summed E-state index contributed by atoms with van der Waals surface area (Å²) in [4.78, 5) is 27.7. The van der Waals surface area contributed by atoms with Gasteiger partial charge in [0.15, 0.2) is 6.54 Å². The maximum Gasteiger partial charge on any atom is 0.293 e. The van der Waals surface area contributed by atoms with Crippen molar-refractivity contribution in [2.75, 3.05) is 37.6 Å². The standard InChI is InChI=1S/C19H30N4O2/c1-4-23(5-2)17-10-8-16(9-11-17)19(25)21-20-18(24)14-22-12-6-7-15(3)13-22/h8-11,15H,4-7,12-14H2,1-3H3,(H,20,24)(H,21,25)/p+1/t15-/m1/s1. The Hall–Kier alpha value is -2.08. The number of anilines is 1. The number of piperidine rings is 1. The maximum absolute atomic E-state index is 12.2. The van der Waals surface area contributed by atoms with Crippen LogP contribution >= 0.6 is 0 Å². The first-order chi connectivity index (χ1) is 12.0. The Morgan fingerprint density at radius 3 is 2.44 bits per heavy atom. The molecule has 1 fully saturated rings. The lowest BCUT2D eigenvalue weighted by Crippen LogP contribution is -3.14. The fraction of sp³-hybridized carbons (Fsp3) is 0.579. The smallest absolute Gasteiger partial charge is 0.293 e. The van der Waals surface area contributed by atoms with Crippen LogP contribution in [-0.4, -0.2) is 44.5 Å².